The van der Waals surface area contributed by atoms with Crippen molar-refractivity contribution in [3.05, 3.63) is 46.2 Å². The van der Waals surface area contributed by atoms with Crippen molar-refractivity contribution < 1.29 is 9.90 Å². The first kappa shape index (κ1) is 15.6. The highest BCUT2D eigenvalue weighted by Crippen LogP contribution is 2.18. The highest BCUT2D eigenvalue weighted by Gasteiger charge is 2.24. The van der Waals surface area contributed by atoms with Gasteiger partial charge in [0, 0.05) is 23.5 Å². The molecule has 1 aliphatic carbocycles. The molecule has 0 bridgehead atoms. The van der Waals surface area contributed by atoms with Crippen LogP contribution in [0.25, 0.3) is 10.9 Å². The molecular weight excluding hydrogens is 294 g/mol. The van der Waals surface area contributed by atoms with Gasteiger partial charge in [-0.25, -0.2) is 4.79 Å². The molecule has 1 aromatic carbocycles. The van der Waals surface area contributed by atoms with Crippen molar-refractivity contribution in [2.24, 2.45) is 0 Å². The zero-order valence-corrected chi connectivity index (χ0v) is 12.8. The van der Waals surface area contributed by atoms with E-state index >= 15 is 0 Å². The van der Waals surface area contributed by atoms with Gasteiger partial charge in [-0.15, -0.1) is 0 Å². The van der Waals surface area contributed by atoms with Crippen molar-refractivity contribution in [1.29, 1.82) is 0 Å². The van der Waals surface area contributed by atoms with Gasteiger partial charge in [0.15, 0.2) is 0 Å². The second-order valence-electron chi connectivity index (χ2n) is 5.99. The highest BCUT2D eigenvalue weighted by molar-refractivity contribution is 5.82. The number of carbonyl (C=O) groups is 1. The Labute approximate surface area is 133 Å². The summed E-state index contributed by atoms with van der Waals surface area (Å²) in [6, 6.07) is 8.47. The van der Waals surface area contributed by atoms with Crippen LogP contribution in [0.2, 0.25) is 0 Å². The number of aromatic nitrogens is 1. The Morgan fingerprint density at radius 3 is 2.87 bits per heavy atom. The van der Waals surface area contributed by atoms with E-state index in [1.54, 1.807) is 0 Å². The third-order valence-electron chi connectivity index (χ3n) is 4.32. The minimum Gasteiger partial charge on any atom is -0.391 e. The van der Waals surface area contributed by atoms with Gasteiger partial charge in [-0.05, 0) is 24.5 Å². The zero-order chi connectivity index (χ0) is 16.2. The summed E-state index contributed by atoms with van der Waals surface area (Å²) >= 11 is 0. The van der Waals surface area contributed by atoms with Crippen molar-refractivity contribution in [1.82, 2.24) is 15.6 Å². The fourth-order valence-electron chi connectivity index (χ4n) is 3.10. The summed E-state index contributed by atoms with van der Waals surface area (Å²) in [5, 5.41) is 16.4. The van der Waals surface area contributed by atoms with Gasteiger partial charge in [0.25, 0.3) is 0 Å². The van der Waals surface area contributed by atoms with Crippen LogP contribution in [0.15, 0.2) is 35.1 Å². The lowest BCUT2D eigenvalue weighted by atomic mass is 9.93. The maximum absolute atomic E-state index is 12.0. The predicted octanol–water partition coefficient (Wildman–Crippen LogP) is 1.63. The van der Waals surface area contributed by atoms with E-state index in [0.717, 1.165) is 42.1 Å². The molecule has 1 aliphatic rings. The maximum Gasteiger partial charge on any atom is 0.315 e. The van der Waals surface area contributed by atoms with Crippen molar-refractivity contribution in [2.45, 2.75) is 44.4 Å². The molecule has 0 spiro atoms. The van der Waals surface area contributed by atoms with Crippen LogP contribution in [0.1, 0.15) is 31.2 Å². The number of aliphatic hydroxyl groups is 1. The van der Waals surface area contributed by atoms with E-state index in [1.165, 1.54) is 6.07 Å². The van der Waals surface area contributed by atoms with E-state index in [4.69, 9.17) is 0 Å². The summed E-state index contributed by atoms with van der Waals surface area (Å²) in [5.41, 5.74) is 1.33. The van der Waals surface area contributed by atoms with Gasteiger partial charge < -0.3 is 20.7 Å². The minimum absolute atomic E-state index is 0.191. The quantitative estimate of drug-likeness (QED) is 0.693. The SMILES string of the molecule is O=C(NCc1cc(=O)[nH]c2ccccc12)NC1CCCCC1O. The van der Waals surface area contributed by atoms with Crippen LogP contribution < -0.4 is 16.2 Å². The molecule has 0 aliphatic heterocycles. The first-order chi connectivity index (χ1) is 11.1. The van der Waals surface area contributed by atoms with Crippen molar-refractivity contribution in [3.8, 4) is 0 Å². The molecule has 6 heteroatoms. The number of aromatic amines is 1. The predicted molar refractivity (Wildman–Crippen MR) is 88.2 cm³/mol. The first-order valence-electron chi connectivity index (χ1n) is 7.97. The second-order valence-corrected chi connectivity index (χ2v) is 5.99. The summed E-state index contributed by atoms with van der Waals surface area (Å²) < 4.78 is 0. The second kappa shape index (κ2) is 6.83. The van der Waals surface area contributed by atoms with E-state index < -0.39 is 6.10 Å². The number of H-pyrrole nitrogens is 1. The number of hydrogen-bond donors (Lipinski definition) is 4. The molecule has 23 heavy (non-hydrogen) atoms. The number of hydrogen-bond acceptors (Lipinski definition) is 3. The molecule has 0 radical (unpaired) electrons. The molecular formula is C17H21N3O3. The molecule has 1 aromatic heterocycles. The average Bonchev–Trinajstić information content (AvgIpc) is 2.54. The monoisotopic (exact) mass is 315 g/mol. The molecule has 2 atom stereocenters. The maximum atomic E-state index is 12.0. The molecule has 3 rings (SSSR count). The third-order valence-corrected chi connectivity index (χ3v) is 4.32. The van der Waals surface area contributed by atoms with Crippen LogP contribution >= 0.6 is 0 Å². The Morgan fingerprint density at radius 2 is 2.04 bits per heavy atom. The van der Waals surface area contributed by atoms with E-state index in [9.17, 15) is 14.7 Å². The van der Waals surface area contributed by atoms with Gasteiger partial charge in [-0.2, -0.15) is 0 Å². The van der Waals surface area contributed by atoms with E-state index in [1.807, 2.05) is 24.3 Å². The fraction of sp³-hybridized carbons (Fsp3) is 0.412. The Bertz CT molecular complexity index is 756. The topological polar surface area (TPSA) is 94.2 Å². The standard InChI is InChI=1S/C17H21N3O3/c21-15-8-4-3-7-14(15)20-17(23)18-10-11-9-16(22)19-13-6-2-1-5-12(11)13/h1-2,5-6,9,14-15,21H,3-4,7-8,10H2,(H,19,22)(H2,18,20,23). The Balaban J connectivity index is 1.66. The lowest BCUT2D eigenvalue weighted by Gasteiger charge is -2.28. The number of pyridine rings is 1. The number of urea groups is 1. The number of rotatable bonds is 3. The molecule has 1 saturated carbocycles. The molecule has 1 heterocycles. The molecule has 2 aromatic rings. The number of nitrogens with one attached hydrogen (secondary N) is 3. The Morgan fingerprint density at radius 1 is 1.26 bits per heavy atom. The van der Waals surface area contributed by atoms with Crippen LogP contribution in [0, 0.1) is 0 Å². The van der Waals surface area contributed by atoms with Crippen LogP contribution in [0.4, 0.5) is 4.79 Å². The van der Waals surface area contributed by atoms with Crippen LogP contribution in [0.3, 0.4) is 0 Å². The van der Waals surface area contributed by atoms with Crippen LogP contribution in [0.5, 0.6) is 0 Å². The summed E-state index contributed by atoms with van der Waals surface area (Å²) in [7, 11) is 0. The van der Waals surface area contributed by atoms with Crippen molar-refractivity contribution >= 4 is 16.9 Å². The van der Waals surface area contributed by atoms with Gasteiger partial charge in [-0.1, -0.05) is 31.0 Å². The first-order valence-corrected chi connectivity index (χ1v) is 7.97. The normalized spacial score (nSPS) is 21.1. The number of benzene rings is 1. The van der Waals surface area contributed by atoms with Gasteiger partial charge >= 0.3 is 6.03 Å². The minimum atomic E-state index is -0.477. The Kier molecular flexibility index (Phi) is 4.62. The average molecular weight is 315 g/mol. The smallest absolute Gasteiger partial charge is 0.315 e. The molecule has 0 saturated heterocycles. The molecule has 2 unspecified atom stereocenters. The highest BCUT2D eigenvalue weighted by atomic mass is 16.3. The van der Waals surface area contributed by atoms with E-state index in [0.29, 0.717) is 0 Å². The van der Waals surface area contributed by atoms with Gasteiger partial charge in [0.2, 0.25) is 5.56 Å². The van der Waals surface area contributed by atoms with Gasteiger partial charge in [0.05, 0.1) is 12.1 Å². The zero-order valence-electron chi connectivity index (χ0n) is 12.8. The van der Waals surface area contributed by atoms with Gasteiger partial charge in [-0.3, -0.25) is 4.79 Å². The summed E-state index contributed by atoms with van der Waals surface area (Å²) in [6.07, 6.45) is 3.06. The van der Waals surface area contributed by atoms with E-state index in [-0.39, 0.29) is 24.2 Å². The number of aliphatic hydroxyl groups excluding tert-OH is 1. The van der Waals surface area contributed by atoms with Crippen molar-refractivity contribution in [3.63, 3.8) is 0 Å². The Hall–Kier alpha value is -2.34. The number of amides is 2. The molecule has 1 fully saturated rings. The van der Waals surface area contributed by atoms with Crippen LogP contribution in [-0.4, -0.2) is 28.3 Å². The number of carbonyl (C=O) groups excluding carboxylic acids is 1. The molecule has 122 valence electrons. The lowest BCUT2D eigenvalue weighted by molar-refractivity contribution is 0.0943. The molecule has 4 N–H and O–H groups in total. The number of para-hydroxylation sites is 1. The van der Waals surface area contributed by atoms with Crippen LogP contribution in [-0.2, 0) is 6.54 Å². The largest absolute Gasteiger partial charge is 0.391 e. The summed E-state index contributed by atoms with van der Waals surface area (Å²) in [4.78, 5) is 26.5. The fourth-order valence-corrected chi connectivity index (χ4v) is 3.10. The number of fused-ring (bicyclic) bond motifs is 1. The summed E-state index contributed by atoms with van der Waals surface area (Å²) in [6.45, 7) is 0.263. The van der Waals surface area contributed by atoms with Crippen molar-refractivity contribution in [2.75, 3.05) is 0 Å². The lowest BCUT2D eigenvalue weighted by Crippen LogP contribution is -2.48. The summed E-state index contributed by atoms with van der Waals surface area (Å²) in [5.74, 6) is 0. The third kappa shape index (κ3) is 3.71. The van der Waals surface area contributed by atoms with E-state index in [2.05, 4.69) is 15.6 Å². The van der Waals surface area contributed by atoms with Gasteiger partial charge in [0.1, 0.15) is 0 Å². The molecule has 2 amide bonds. The molecule has 6 nitrogen and oxygen atoms in total.